The van der Waals surface area contributed by atoms with E-state index >= 15 is 0 Å². The minimum Gasteiger partial charge on any atom is -0.497 e. The summed E-state index contributed by atoms with van der Waals surface area (Å²) < 4.78 is 5.27. The van der Waals surface area contributed by atoms with Crippen molar-refractivity contribution < 1.29 is 9.53 Å². The van der Waals surface area contributed by atoms with Gasteiger partial charge in [-0.05, 0) is 42.7 Å². The fourth-order valence-corrected chi connectivity index (χ4v) is 4.04. The van der Waals surface area contributed by atoms with Crippen molar-refractivity contribution in [3.05, 3.63) is 60.2 Å². The molecule has 1 saturated carbocycles. The highest BCUT2D eigenvalue weighted by Gasteiger charge is 2.41. The van der Waals surface area contributed by atoms with Crippen molar-refractivity contribution in [1.82, 2.24) is 25.5 Å². The summed E-state index contributed by atoms with van der Waals surface area (Å²) >= 11 is 0. The molecule has 0 atom stereocenters. The van der Waals surface area contributed by atoms with Crippen molar-refractivity contribution in [2.75, 3.05) is 7.11 Å². The number of H-pyrrole nitrogens is 1. The maximum atomic E-state index is 13.3. The quantitative estimate of drug-likeness (QED) is 0.672. The predicted octanol–water partition coefficient (Wildman–Crippen LogP) is 3.39. The van der Waals surface area contributed by atoms with E-state index in [0.717, 1.165) is 42.6 Å². The summed E-state index contributed by atoms with van der Waals surface area (Å²) in [6.45, 7) is 0.310. The SMILES string of the molecule is COc1ccc(C2(C(=O)NCc3nc(-c4cccnc4)n[nH]3)CCCCC2)cc1. The molecule has 3 aromatic rings. The number of methoxy groups -OCH3 is 1. The van der Waals surface area contributed by atoms with E-state index in [-0.39, 0.29) is 5.91 Å². The van der Waals surface area contributed by atoms with Gasteiger partial charge in [-0.2, -0.15) is 5.10 Å². The summed E-state index contributed by atoms with van der Waals surface area (Å²) in [5, 5.41) is 10.2. The molecule has 0 unspecified atom stereocenters. The van der Waals surface area contributed by atoms with Gasteiger partial charge in [0.15, 0.2) is 5.82 Å². The first kappa shape index (κ1) is 19.1. The second kappa shape index (κ2) is 8.43. The lowest BCUT2D eigenvalue weighted by atomic mass is 9.68. The third kappa shape index (κ3) is 3.99. The molecule has 0 saturated heterocycles. The zero-order valence-corrected chi connectivity index (χ0v) is 16.5. The number of aromatic nitrogens is 4. The molecule has 2 heterocycles. The summed E-state index contributed by atoms with van der Waals surface area (Å²) in [5.74, 6) is 2.04. The second-order valence-electron chi connectivity index (χ2n) is 7.40. The third-order valence-electron chi connectivity index (χ3n) is 5.65. The van der Waals surface area contributed by atoms with Crippen molar-refractivity contribution in [3.8, 4) is 17.1 Å². The Morgan fingerprint density at radius 1 is 1.17 bits per heavy atom. The number of amides is 1. The summed E-state index contributed by atoms with van der Waals surface area (Å²) in [6.07, 6.45) is 8.39. The molecule has 2 N–H and O–H groups in total. The molecule has 29 heavy (non-hydrogen) atoms. The van der Waals surface area contributed by atoms with E-state index in [1.807, 2.05) is 36.4 Å². The molecule has 0 spiro atoms. The van der Waals surface area contributed by atoms with Gasteiger partial charge in [0.05, 0.1) is 19.1 Å². The van der Waals surface area contributed by atoms with E-state index in [2.05, 4.69) is 25.5 Å². The van der Waals surface area contributed by atoms with Crippen LogP contribution in [0.1, 0.15) is 43.5 Å². The topological polar surface area (TPSA) is 92.8 Å². The highest BCUT2D eigenvalue weighted by molar-refractivity contribution is 5.88. The van der Waals surface area contributed by atoms with E-state index in [9.17, 15) is 4.79 Å². The minimum atomic E-state index is -0.503. The molecule has 0 radical (unpaired) electrons. The van der Waals surface area contributed by atoms with Crippen LogP contribution in [0.2, 0.25) is 0 Å². The summed E-state index contributed by atoms with van der Waals surface area (Å²) in [6, 6.07) is 11.6. The number of aromatic amines is 1. The van der Waals surface area contributed by atoms with Crippen LogP contribution in [0, 0.1) is 0 Å². The Kier molecular flexibility index (Phi) is 5.55. The molecule has 1 amide bonds. The summed E-state index contributed by atoms with van der Waals surface area (Å²) in [7, 11) is 1.65. The predicted molar refractivity (Wildman–Crippen MR) is 109 cm³/mol. The molecular weight excluding hydrogens is 366 g/mol. The summed E-state index contributed by atoms with van der Waals surface area (Å²) in [4.78, 5) is 21.9. The summed E-state index contributed by atoms with van der Waals surface area (Å²) in [5.41, 5.74) is 1.38. The molecule has 1 aromatic carbocycles. The van der Waals surface area contributed by atoms with E-state index in [1.165, 1.54) is 6.42 Å². The highest BCUT2D eigenvalue weighted by atomic mass is 16.5. The molecule has 1 fully saturated rings. The number of nitrogens with one attached hydrogen (secondary N) is 2. The fourth-order valence-electron chi connectivity index (χ4n) is 4.04. The van der Waals surface area contributed by atoms with Gasteiger partial charge in [-0.25, -0.2) is 4.98 Å². The molecule has 4 rings (SSSR count). The van der Waals surface area contributed by atoms with Crippen molar-refractivity contribution >= 4 is 5.91 Å². The molecule has 7 heteroatoms. The Morgan fingerprint density at radius 3 is 2.66 bits per heavy atom. The van der Waals surface area contributed by atoms with Crippen molar-refractivity contribution in [2.45, 2.75) is 44.1 Å². The zero-order chi connectivity index (χ0) is 20.1. The van der Waals surface area contributed by atoms with Crippen molar-refractivity contribution in [3.63, 3.8) is 0 Å². The largest absolute Gasteiger partial charge is 0.497 e. The molecule has 1 aliphatic rings. The number of carbonyl (C=O) groups excluding carboxylic acids is 1. The van der Waals surface area contributed by atoms with Crippen LogP contribution in [0.5, 0.6) is 5.75 Å². The average molecular weight is 391 g/mol. The van der Waals surface area contributed by atoms with Crippen LogP contribution >= 0.6 is 0 Å². The number of pyridine rings is 1. The van der Waals surface area contributed by atoms with Gasteiger partial charge in [0.1, 0.15) is 11.6 Å². The number of benzene rings is 1. The third-order valence-corrected chi connectivity index (χ3v) is 5.65. The van der Waals surface area contributed by atoms with Crippen LogP contribution in [-0.4, -0.2) is 33.2 Å². The molecule has 0 bridgehead atoms. The van der Waals surface area contributed by atoms with E-state index in [0.29, 0.717) is 18.2 Å². The van der Waals surface area contributed by atoms with Crippen molar-refractivity contribution in [2.24, 2.45) is 0 Å². The lowest BCUT2D eigenvalue weighted by molar-refractivity contribution is -0.128. The smallest absolute Gasteiger partial charge is 0.231 e. The molecule has 1 aliphatic carbocycles. The maximum absolute atomic E-state index is 13.3. The van der Waals surface area contributed by atoms with E-state index in [4.69, 9.17) is 4.74 Å². The van der Waals surface area contributed by atoms with Crippen LogP contribution in [0.4, 0.5) is 0 Å². The first-order valence-corrected chi connectivity index (χ1v) is 9.96. The Bertz CT molecular complexity index is 947. The van der Waals surface area contributed by atoms with Crippen LogP contribution in [0.3, 0.4) is 0 Å². The van der Waals surface area contributed by atoms with E-state index in [1.54, 1.807) is 19.5 Å². The molecule has 2 aromatic heterocycles. The van der Waals surface area contributed by atoms with Crippen LogP contribution in [0.25, 0.3) is 11.4 Å². The van der Waals surface area contributed by atoms with E-state index < -0.39 is 5.41 Å². The molecular formula is C22H25N5O2. The van der Waals surface area contributed by atoms with Crippen LogP contribution in [0.15, 0.2) is 48.8 Å². The molecule has 7 nitrogen and oxygen atoms in total. The minimum absolute atomic E-state index is 0.0432. The van der Waals surface area contributed by atoms with Crippen molar-refractivity contribution in [1.29, 1.82) is 0 Å². The van der Waals surface area contributed by atoms with Gasteiger partial charge >= 0.3 is 0 Å². The zero-order valence-electron chi connectivity index (χ0n) is 16.5. The van der Waals surface area contributed by atoms with Crippen LogP contribution < -0.4 is 10.1 Å². The molecule has 150 valence electrons. The highest BCUT2D eigenvalue weighted by Crippen LogP contribution is 2.40. The molecule has 0 aliphatic heterocycles. The number of rotatable bonds is 6. The average Bonchev–Trinajstić information content (AvgIpc) is 3.28. The van der Waals surface area contributed by atoms with Gasteiger partial charge in [-0.15, -0.1) is 0 Å². The lowest BCUT2D eigenvalue weighted by Crippen LogP contribution is -2.45. The number of hydrogen-bond donors (Lipinski definition) is 2. The van der Waals surface area contributed by atoms with Gasteiger partial charge in [0.2, 0.25) is 5.91 Å². The Morgan fingerprint density at radius 2 is 1.97 bits per heavy atom. The van der Waals surface area contributed by atoms with Gasteiger partial charge in [-0.3, -0.25) is 14.9 Å². The number of nitrogens with zero attached hydrogens (tertiary/aromatic N) is 3. The standard InChI is InChI=1S/C22H25N5O2/c1-29-18-9-7-17(8-10-18)22(11-3-2-4-12-22)21(28)24-15-19-25-20(27-26-19)16-6-5-13-23-14-16/h5-10,13-14H,2-4,11-12,15H2,1H3,(H,24,28)(H,25,26,27). The Hall–Kier alpha value is -3.22. The lowest BCUT2D eigenvalue weighted by Gasteiger charge is -2.36. The maximum Gasteiger partial charge on any atom is 0.231 e. The van der Waals surface area contributed by atoms with Gasteiger partial charge in [-0.1, -0.05) is 31.4 Å². The normalized spacial score (nSPS) is 15.6. The second-order valence-corrected chi connectivity index (χ2v) is 7.40. The Balaban J connectivity index is 1.49. The van der Waals surface area contributed by atoms with Gasteiger partial charge in [0.25, 0.3) is 0 Å². The fraction of sp³-hybridized carbons (Fsp3) is 0.364. The number of hydrogen-bond acceptors (Lipinski definition) is 5. The van der Waals surface area contributed by atoms with Gasteiger partial charge < -0.3 is 10.1 Å². The number of ether oxygens (including phenoxy) is 1. The van der Waals surface area contributed by atoms with Gasteiger partial charge in [0, 0.05) is 18.0 Å². The first-order valence-electron chi connectivity index (χ1n) is 9.96. The first-order chi connectivity index (χ1) is 14.2. The Labute approximate surface area is 169 Å². The van der Waals surface area contributed by atoms with Crippen LogP contribution in [-0.2, 0) is 16.8 Å². The number of carbonyl (C=O) groups is 1. The monoisotopic (exact) mass is 391 g/mol.